The van der Waals surface area contributed by atoms with Gasteiger partial charge in [0, 0.05) is 5.56 Å². The molecule has 0 spiro atoms. The third-order valence-corrected chi connectivity index (χ3v) is 1.97. The van der Waals surface area contributed by atoms with Gasteiger partial charge in [-0.15, -0.1) is 0 Å². The maximum Gasteiger partial charge on any atom is 0.142 e. The van der Waals surface area contributed by atoms with Crippen molar-refractivity contribution in [3.8, 4) is 11.8 Å². The quantitative estimate of drug-likeness (QED) is 0.614. The molecule has 0 saturated carbocycles. The summed E-state index contributed by atoms with van der Waals surface area (Å²) in [5.41, 5.74) is 7.24. The highest BCUT2D eigenvalue weighted by atomic mass is 16.5. The van der Waals surface area contributed by atoms with Crippen molar-refractivity contribution in [1.82, 2.24) is 0 Å². The number of nitrogens with two attached hydrogens (primary N) is 1. The zero-order chi connectivity index (χ0) is 8.55. The van der Waals surface area contributed by atoms with Crippen LogP contribution < -0.4 is 10.5 Å². The van der Waals surface area contributed by atoms with E-state index in [0.717, 1.165) is 5.56 Å². The minimum atomic E-state index is -0.0756. The van der Waals surface area contributed by atoms with Crippen molar-refractivity contribution in [3.63, 3.8) is 0 Å². The van der Waals surface area contributed by atoms with Gasteiger partial charge in [0.05, 0.1) is 11.6 Å². The van der Waals surface area contributed by atoms with E-state index in [1.54, 1.807) is 6.07 Å². The summed E-state index contributed by atoms with van der Waals surface area (Å²) in [4.78, 5) is 0. The smallest absolute Gasteiger partial charge is 0.142 e. The average molecular weight is 160 g/mol. The molecule has 1 heterocycles. The van der Waals surface area contributed by atoms with Gasteiger partial charge >= 0.3 is 0 Å². The number of hydrogen-bond acceptors (Lipinski definition) is 3. The molecule has 1 aromatic carbocycles. The van der Waals surface area contributed by atoms with Crippen molar-refractivity contribution in [3.05, 3.63) is 29.3 Å². The number of para-hydroxylation sites is 1. The van der Waals surface area contributed by atoms with Gasteiger partial charge in [-0.3, -0.25) is 0 Å². The zero-order valence-electron chi connectivity index (χ0n) is 6.45. The summed E-state index contributed by atoms with van der Waals surface area (Å²) in [7, 11) is 0. The summed E-state index contributed by atoms with van der Waals surface area (Å²) in [5.74, 6) is 0.660. The molecule has 0 fully saturated rings. The van der Waals surface area contributed by atoms with Crippen LogP contribution in [0, 0.1) is 11.3 Å². The van der Waals surface area contributed by atoms with Crippen LogP contribution in [0.15, 0.2) is 18.2 Å². The molecule has 60 valence electrons. The zero-order valence-corrected chi connectivity index (χ0v) is 6.45. The van der Waals surface area contributed by atoms with Crippen LogP contribution in [0.4, 0.5) is 0 Å². The van der Waals surface area contributed by atoms with Crippen LogP contribution in [0.2, 0.25) is 0 Å². The van der Waals surface area contributed by atoms with Crippen LogP contribution in [0.25, 0.3) is 0 Å². The first-order chi connectivity index (χ1) is 5.83. The molecule has 0 unspecified atom stereocenters. The van der Waals surface area contributed by atoms with E-state index in [0.29, 0.717) is 17.9 Å². The first-order valence-electron chi connectivity index (χ1n) is 3.74. The van der Waals surface area contributed by atoms with Crippen LogP contribution in [0.3, 0.4) is 0 Å². The fourth-order valence-electron chi connectivity index (χ4n) is 1.36. The molecule has 0 bridgehead atoms. The Morgan fingerprint density at radius 2 is 2.42 bits per heavy atom. The first-order valence-corrected chi connectivity index (χ1v) is 3.74. The fraction of sp³-hybridized carbons (Fsp3) is 0.222. The molecule has 3 nitrogen and oxygen atoms in total. The molecule has 1 atom stereocenters. The van der Waals surface area contributed by atoms with Gasteiger partial charge in [-0.1, -0.05) is 12.1 Å². The van der Waals surface area contributed by atoms with Crippen molar-refractivity contribution in [2.45, 2.75) is 6.04 Å². The second-order valence-corrected chi connectivity index (χ2v) is 2.75. The van der Waals surface area contributed by atoms with Gasteiger partial charge in [0.15, 0.2) is 0 Å². The second-order valence-electron chi connectivity index (χ2n) is 2.75. The molecule has 1 aromatic rings. The van der Waals surface area contributed by atoms with E-state index < -0.39 is 0 Å². The van der Waals surface area contributed by atoms with Crippen molar-refractivity contribution < 1.29 is 4.74 Å². The van der Waals surface area contributed by atoms with E-state index >= 15 is 0 Å². The van der Waals surface area contributed by atoms with Crippen LogP contribution in [0.5, 0.6) is 5.75 Å². The van der Waals surface area contributed by atoms with Gasteiger partial charge in [-0.05, 0) is 6.07 Å². The van der Waals surface area contributed by atoms with Crippen LogP contribution in [0.1, 0.15) is 17.2 Å². The number of hydrogen-bond donors (Lipinski definition) is 1. The summed E-state index contributed by atoms with van der Waals surface area (Å²) >= 11 is 0. The third kappa shape index (κ3) is 0.858. The number of benzene rings is 1. The molecule has 0 radical (unpaired) electrons. The molecule has 3 heteroatoms. The van der Waals surface area contributed by atoms with Crippen molar-refractivity contribution >= 4 is 0 Å². The van der Waals surface area contributed by atoms with E-state index in [4.69, 9.17) is 15.7 Å². The lowest BCUT2D eigenvalue weighted by molar-refractivity contribution is 0.332. The Morgan fingerprint density at radius 3 is 3.17 bits per heavy atom. The molecule has 1 aliphatic heterocycles. The highest BCUT2D eigenvalue weighted by molar-refractivity contribution is 5.51. The van der Waals surface area contributed by atoms with Crippen LogP contribution >= 0.6 is 0 Å². The summed E-state index contributed by atoms with van der Waals surface area (Å²) in [6, 6.07) is 7.45. The minimum Gasteiger partial charge on any atom is -0.490 e. The lowest BCUT2D eigenvalue weighted by Crippen LogP contribution is -2.10. The number of fused-ring (bicyclic) bond motifs is 1. The van der Waals surface area contributed by atoms with Crippen LogP contribution in [-0.4, -0.2) is 6.61 Å². The molecular formula is C9H8N2O. The van der Waals surface area contributed by atoms with Gasteiger partial charge < -0.3 is 10.5 Å². The Bertz CT molecular complexity index is 354. The van der Waals surface area contributed by atoms with E-state index in [9.17, 15) is 0 Å². The minimum absolute atomic E-state index is 0.0756. The molecule has 1 aliphatic rings. The fourth-order valence-corrected chi connectivity index (χ4v) is 1.36. The van der Waals surface area contributed by atoms with Gasteiger partial charge in [0.2, 0.25) is 0 Å². The Kier molecular flexibility index (Phi) is 1.49. The summed E-state index contributed by atoms with van der Waals surface area (Å²) in [6.07, 6.45) is 0. The monoisotopic (exact) mass is 160 g/mol. The SMILES string of the molecule is N#Cc1cccc2c1OC[C@@H]2N. The van der Waals surface area contributed by atoms with E-state index in [1.165, 1.54) is 0 Å². The number of ether oxygens (including phenoxy) is 1. The highest BCUT2D eigenvalue weighted by Crippen LogP contribution is 2.33. The topological polar surface area (TPSA) is 59.0 Å². The van der Waals surface area contributed by atoms with Crippen molar-refractivity contribution in [1.29, 1.82) is 5.26 Å². The van der Waals surface area contributed by atoms with Crippen LogP contribution in [-0.2, 0) is 0 Å². The number of rotatable bonds is 0. The van der Waals surface area contributed by atoms with E-state index in [1.807, 2.05) is 12.1 Å². The molecule has 2 rings (SSSR count). The number of nitrogens with zero attached hydrogens (tertiary/aromatic N) is 1. The summed E-state index contributed by atoms with van der Waals surface area (Å²) < 4.78 is 5.29. The van der Waals surface area contributed by atoms with Crippen molar-refractivity contribution in [2.24, 2.45) is 5.73 Å². The molecule has 0 aromatic heterocycles. The first kappa shape index (κ1) is 7.14. The van der Waals surface area contributed by atoms with Gasteiger partial charge in [-0.25, -0.2) is 0 Å². The number of nitriles is 1. The summed E-state index contributed by atoms with van der Waals surface area (Å²) in [6.45, 7) is 0.480. The molecule has 12 heavy (non-hydrogen) atoms. The molecule has 2 N–H and O–H groups in total. The normalized spacial score (nSPS) is 19.5. The maximum absolute atomic E-state index is 8.72. The Morgan fingerprint density at radius 1 is 1.58 bits per heavy atom. The largest absolute Gasteiger partial charge is 0.490 e. The standard InChI is InChI=1S/C9H8N2O/c10-4-6-2-1-3-7-8(11)5-12-9(6)7/h1-3,8H,5,11H2/t8-/m0/s1. The summed E-state index contributed by atoms with van der Waals surface area (Å²) in [5, 5.41) is 8.72. The lowest BCUT2D eigenvalue weighted by Gasteiger charge is -1.99. The Balaban J connectivity index is 2.60. The predicted molar refractivity (Wildman–Crippen MR) is 43.6 cm³/mol. The van der Waals surface area contributed by atoms with Crippen molar-refractivity contribution in [2.75, 3.05) is 6.61 Å². The highest BCUT2D eigenvalue weighted by Gasteiger charge is 2.22. The molecular weight excluding hydrogens is 152 g/mol. The lowest BCUT2D eigenvalue weighted by atomic mass is 10.1. The second kappa shape index (κ2) is 2.50. The van der Waals surface area contributed by atoms with Gasteiger partial charge in [-0.2, -0.15) is 5.26 Å². The van der Waals surface area contributed by atoms with Gasteiger partial charge in [0.1, 0.15) is 18.4 Å². The molecule has 0 amide bonds. The average Bonchev–Trinajstić information content (AvgIpc) is 2.48. The predicted octanol–water partition coefficient (Wildman–Crippen LogP) is 0.950. The molecule has 0 saturated heterocycles. The third-order valence-electron chi connectivity index (χ3n) is 1.97. The van der Waals surface area contributed by atoms with Gasteiger partial charge in [0.25, 0.3) is 0 Å². The Labute approximate surface area is 70.4 Å². The Hall–Kier alpha value is -1.53. The van der Waals surface area contributed by atoms with E-state index in [-0.39, 0.29) is 6.04 Å². The van der Waals surface area contributed by atoms with E-state index in [2.05, 4.69) is 6.07 Å². The molecule has 0 aliphatic carbocycles. The maximum atomic E-state index is 8.72.